The van der Waals surface area contributed by atoms with Gasteiger partial charge in [0, 0.05) is 12.5 Å². The number of hydrogen-bond donors (Lipinski definition) is 1. The van der Waals surface area contributed by atoms with E-state index in [0.29, 0.717) is 6.29 Å². The molecule has 0 saturated carbocycles. The summed E-state index contributed by atoms with van der Waals surface area (Å²) in [5.41, 5.74) is -0.0190. The number of rotatable bonds is 6. The van der Waals surface area contributed by atoms with Gasteiger partial charge in [-0.25, -0.2) is 0 Å². The number of aromatic hydroxyl groups is 1. The summed E-state index contributed by atoms with van der Waals surface area (Å²) in [5.74, 6) is -0.151. The highest BCUT2D eigenvalue weighted by Crippen LogP contribution is 2.38. The summed E-state index contributed by atoms with van der Waals surface area (Å²) in [6.07, 6.45) is 0.717. The van der Waals surface area contributed by atoms with Crippen LogP contribution in [0.2, 0.25) is 0 Å². The minimum absolute atomic E-state index is 0.0269. The molecule has 5 heteroatoms. The van der Waals surface area contributed by atoms with Crippen molar-refractivity contribution in [1.82, 2.24) is 0 Å². The van der Waals surface area contributed by atoms with E-state index in [0.717, 1.165) is 0 Å². The zero-order chi connectivity index (χ0) is 14.6. The van der Waals surface area contributed by atoms with E-state index in [-0.39, 0.29) is 40.7 Å². The second-order valence-electron chi connectivity index (χ2n) is 4.56. The van der Waals surface area contributed by atoms with Crippen molar-refractivity contribution in [2.45, 2.75) is 20.3 Å². The normalized spacial score (nSPS) is 10.4. The van der Waals surface area contributed by atoms with E-state index in [1.54, 1.807) is 0 Å². The van der Waals surface area contributed by atoms with E-state index in [4.69, 9.17) is 9.47 Å². The van der Waals surface area contributed by atoms with E-state index in [2.05, 4.69) is 0 Å². The average molecular weight is 266 g/mol. The zero-order valence-corrected chi connectivity index (χ0v) is 11.5. The summed E-state index contributed by atoms with van der Waals surface area (Å²) in [7, 11) is 2.76. The summed E-state index contributed by atoms with van der Waals surface area (Å²) >= 11 is 0. The van der Waals surface area contributed by atoms with Crippen molar-refractivity contribution in [3.05, 3.63) is 17.2 Å². The SMILES string of the molecule is COc1cc(OC)c(C(=O)CC(C)C)c(O)c1C=O. The molecule has 0 bridgehead atoms. The largest absolute Gasteiger partial charge is 0.506 e. The lowest BCUT2D eigenvalue weighted by atomic mass is 9.97. The first-order valence-electron chi connectivity index (χ1n) is 5.92. The minimum Gasteiger partial charge on any atom is -0.506 e. The van der Waals surface area contributed by atoms with E-state index in [1.807, 2.05) is 13.8 Å². The van der Waals surface area contributed by atoms with Gasteiger partial charge in [0.1, 0.15) is 22.8 Å². The number of phenolic OH excluding ortho intramolecular Hbond substituents is 1. The third kappa shape index (κ3) is 3.05. The number of Topliss-reactive ketones (excluding diaryl/α,β-unsaturated/α-hetero) is 1. The van der Waals surface area contributed by atoms with Gasteiger partial charge in [0.25, 0.3) is 0 Å². The number of hydrogen-bond acceptors (Lipinski definition) is 5. The Balaban J connectivity index is 3.44. The van der Waals surface area contributed by atoms with Crippen LogP contribution in [0, 0.1) is 5.92 Å². The Morgan fingerprint density at radius 1 is 1.32 bits per heavy atom. The second-order valence-corrected chi connectivity index (χ2v) is 4.56. The molecule has 1 aromatic rings. The molecule has 1 aromatic carbocycles. The number of ether oxygens (including phenoxy) is 2. The Morgan fingerprint density at radius 2 is 1.89 bits per heavy atom. The Bertz CT molecular complexity index is 491. The lowest BCUT2D eigenvalue weighted by Crippen LogP contribution is -2.08. The van der Waals surface area contributed by atoms with Crippen molar-refractivity contribution in [2.24, 2.45) is 5.92 Å². The van der Waals surface area contributed by atoms with Crippen molar-refractivity contribution in [1.29, 1.82) is 0 Å². The van der Waals surface area contributed by atoms with Crippen molar-refractivity contribution in [3.63, 3.8) is 0 Å². The molecule has 0 saturated heterocycles. The molecule has 0 unspecified atom stereocenters. The summed E-state index contributed by atoms with van der Waals surface area (Å²) in [4.78, 5) is 23.1. The highest BCUT2D eigenvalue weighted by atomic mass is 16.5. The first kappa shape index (κ1) is 15.0. The van der Waals surface area contributed by atoms with Crippen molar-refractivity contribution >= 4 is 12.1 Å². The fraction of sp³-hybridized carbons (Fsp3) is 0.429. The number of methoxy groups -OCH3 is 2. The molecule has 0 aromatic heterocycles. The van der Waals surface area contributed by atoms with Gasteiger partial charge >= 0.3 is 0 Å². The maximum atomic E-state index is 12.1. The first-order valence-corrected chi connectivity index (χ1v) is 5.92. The lowest BCUT2D eigenvalue weighted by Gasteiger charge is -2.15. The number of phenols is 1. The van der Waals surface area contributed by atoms with E-state index in [9.17, 15) is 14.7 Å². The Morgan fingerprint density at radius 3 is 2.32 bits per heavy atom. The van der Waals surface area contributed by atoms with Crippen LogP contribution in [0.25, 0.3) is 0 Å². The quantitative estimate of drug-likeness (QED) is 0.632. The van der Waals surface area contributed by atoms with Crippen molar-refractivity contribution in [3.8, 4) is 17.2 Å². The molecule has 0 amide bonds. The zero-order valence-electron chi connectivity index (χ0n) is 11.5. The summed E-state index contributed by atoms with van der Waals surface area (Å²) in [6.45, 7) is 3.79. The van der Waals surface area contributed by atoms with Crippen LogP contribution >= 0.6 is 0 Å². The minimum atomic E-state index is -0.392. The number of ketones is 1. The van der Waals surface area contributed by atoms with Gasteiger partial charge in [-0.3, -0.25) is 9.59 Å². The average Bonchev–Trinajstić information content (AvgIpc) is 2.36. The number of benzene rings is 1. The second kappa shape index (κ2) is 6.22. The number of carbonyl (C=O) groups excluding carboxylic acids is 2. The molecule has 19 heavy (non-hydrogen) atoms. The highest BCUT2D eigenvalue weighted by molar-refractivity contribution is 6.04. The Hall–Kier alpha value is -2.04. The summed E-state index contributed by atoms with van der Waals surface area (Å²) in [5, 5.41) is 10.1. The van der Waals surface area contributed by atoms with Crippen LogP contribution in [-0.2, 0) is 0 Å². The van der Waals surface area contributed by atoms with Gasteiger partial charge in [0.2, 0.25) is 0 Å². The van der Waals surface area contributed by atoms with E-state index in [1.165, 1.54) is 20.3 Å². The molecule has 1 rings (SSSR count). The van der Waals surface area contributed by atoms with Crippen LogP contribution in [0.3, 0.4) is 0 Å². The molecule has 0 aliphatic heterocycles. The van der Waals surface area contributed by atoms with Crippen LogP contribution in [0.4, 0.5) is 0 Å². The number of carbonyl (C=O) groups is 2. The van der Waals surface area contributed by atoms with Gasteiger partial charge in [-0.2, -0.15) is 0 Å². The molecule has 5 nitrogen and oxygen atoms in total. The molecule has 0 spiro atoms. The number of aldehydes is 1. The molecular formula is C14H18O5. The van der Waals surface area contributed by atoms with Gasteiger partial charge in [-0.15, -0.1) is 0 Å². The lowest BCUT2D eigenvalue weighted by molar-refractivity contribution is 0.0962. The third-order valence-electron chi connectivity index (χ3n) is 2.70. The molecule has 0 radical (unpaired) electrons. The van der Waals surface area contributed by atoms with E-state index >= 15 is 0 Å². The fourth-order valence-corrected chi connectivity index (χ4v) is 1.82. The molecule has 104 valence electrons. The van der Waals surface area contributed by atoms with E-state index < -0.39 is 5.75 Å². The molecule has 0 fully saturated rings. The molecule has 0 aliphatic carbocycles. The molecule has 0 heterocycles. The maximum Gasteiger partial charge on any atom is 0.170 e. The van der Waals surface area contributed by atoms with Crippen LogP contribution in [0.15, 0.2) is 6.07 Å². The first-order chi connectivity index (χ1) is 8.96. The molecule has 0 aliphatic rings. The van der Waals surface area contributed by atoms with Gasteiger partial charge in [-0.1, -0.05) is 13.8 Å². The highest BCUT2D eigenvalue weighted by Gasteiger charge is 2.24. The van der Waals surface area contributed by atoms with Crippen LogP contribution in [0.5, 0.6) is 17.2 Å². The van der Waals surface area contributed by atoms with Crippen LogP contribution in [-0.4, -0.2) is 31.4 Å². The van der Waals surface area contributed by atoms with Crippen LogP contribution in [0.1, 0.15) is 41.0 Å². The van der Waals surface area contributed by atoms with Crippen molar-refractivity contribution in [2.75, 3.05) is 14.2 Å². The predicted octanol–water partition coefficient (Wildman–Crippen LogP) is 2.45. The fourth-order valence-electron chi connectivity index (χ4n) is 1.82. The van der Waals surface area contributed by atoms with Gasteiger partial charge in [0.05, 0.1) is 19.8 Å². The molecule has 1 N–H and O–H groups in total. The van der Waals surface area contributed by atoms with Gasteiger partial charge in [-0.05, 0) is 5.92 Å². The van der Waals surface area contributed by atoms with Gasteiger partial charge in [0.15, 0.2) is 12.1 Å². The molecule has 0 atom stereocenters. The summed E-state index contributed by atoms with van der Waals surface area (Å²) < 4.78 is 10.1. The standard InChI is InChI=1S/C14H18O5/c1-8(2)5-10(16)13-12(19-4)6-11(18-3)9(7-15)14(13)17/h6-8,17H,5H2,1-4H3. The topological polar surface area (TPSA) is 72.8 Å². The Kier molecular flexibility index (Phi) is 4.92. The van der Waals surface area contributed by atoms with Crippen molar-refractivity contribution < 1.29 is 24.2 Å². The Labute approximate surface area is 112 Å². The van der Waals surface area contributed by atoms with Gasteiger partial charge < -0.3 is 14.6 Å². The molecular weight excluding hydrogens is 248 g/mol. The van der Waals surface area contributed by atoms with Crippen LogP contribution < -0.4 is 9.47 Å². The maximum absolute atomic E-state index is 12.1. The monoisotopic (exact) mass is 266 g/mol. The third-order valence-corrected chi connectivity index (χ3v) is 2.70. The summed E-state index contributed by atoms with van der Waals surface area (Å²) in [6, 6.07) is 1.43. The smallest absolute Gasteiger partial charge is 0.170 e. The predicted molar refractivity (Wildman–Crippen MR) is 70.4 cm³/mol.